The number of carbonyl (C=O) groups is 1. The van der Waals surface area contributed by atoms with E-state index >= 15 is 0 Å². The third-order valence-electron chi connectivity index (χ3n) is 4.76. The van der Waals surface area contributed by atoms with E-state index in [4.69, 9.17) is 0 Å². The Morgan fingerprint density at radius 2 is 1.81 bits per heavy atom. The standard InChI is InChI=1S/C18H26FNO/c1-3-14-6-10-17(11-7-14)20(2)13-18(21)12-15-4-8-16(19)9-5-15/h4-5,8-9,14,17H,3,6-7,10-13H2,1-2H3. The molecular formula is C18H26FNO. The first kappa shape index (κ1) is 16.2. The molecule has 0 amide bonds. The number of hydrogen-bond acceptors (Lipinski definition) is 2. The van der Waals surface area contributed by atoms with Gasteiger partial charge in [-0.2, -0.15) is 0 Å². The van der Waals surface area contributed by atoms with Crippen LogP contribution in [-0.2, 0) is 11.2 Å². The maximum absolute atomic E-state index is 12.8. The van der Waals surface area contributed by atoms with Crippen molar-refractivity contribution in [2.75, 3.05) is 13.6 Å². The molecule has 0 heterocycles. The van der Waals surface area contributed by atoms with Gasteiger partial charge in [-0.3, -0.25) is 9.69 Å². The van der Waals surface area contributed by atoms with Gasteiger partial charge >= 0.3 is 0 Å². The van der Waals surface area contributed by atoms with Crippen molar-refractivity contribution in [2.24, 2.45) is 5.92 Å². The zero-order valence-electron chi connectivity index (χ0n) is 13.1. The molecule has 2 nitrogen and oxygen atoms in total. The van der Waals surface area contributed by atoms with Gasteiger partial charge in [-0.15, -0.1) is 0 Å². The summed E-state index contributed by atoms with van der Waals surface area (Å²) in [7, 11) is 2.06. The Morgan fingerprint density at radius 1 is 1.19 bits per heavy atom. The molecule has 2 rings (SSSR count). The van der Waals surface area contributed by atoms with Crippen LogP contribution < -0.4 is 0 Å². The van der Waals surface area contributed by atoms with Crippen LogP contribution in [0.5, 0.6) is 0 Å². The largest absolute Gasteiger partial charge is 0.298 e. The summed E-state index contributed by atoms with van der Waals surface area (Å²) < 4.78 is 12.8. The van der Waals surface area contributed by atoms with Crippen molar-refractivity contribution < 1.29 is 9.18 Å². The Bertz CT molecular complexity index is 449. The smallest absolute Gasteiger partial charge is 0.151 e. The molecule has 1 fully saturated rings. The molecule has 0 atom stereocenters. The van der Waals surface area contributed by atoms with Crippen molar-refractivity contribution in [1.29, 1.82) is 0 Å². The van der Waals surface area contributed by atoms with E-state index in [1.165, 1.54) is 44.2 Å². The lowest BCUT2D eigenvalue weighted by atomic mass is 9.84. The molecule has 1 aliphatic rings. The minimum atomic E-state index is -0.254. The molecule has 1 aromatic carbocycles. The lowest BCUT2D eigenvalue weighted by Gasteiger charge is -2.34. The van der Waals surface area contributed by atoms with Crippen LogP contribution in [0.4, 0.5) is 4.39 Å². The highest BCUT2D eigenvalue weighted by Gasteiger charge is 2.24. The maximum Gasteiger partial charge on any atom is 0.151 e. The van der Waals surface area contributed by atoms with Crippen LogP contribution in [0.25, 0.3) is 0 Å². The van der Waals surface area contributed by atoms with Crippen LogP contribution in [0.15, 0.2) is 24.3 Å². The SMILES string of the molecule is CCC1CCC(N(C)CC(=O)Cc2ccc(F)cc2)CC1. The Balaban J connectivity index is 1.78. The number of hydrogen-bond donors (Lipinski definition) is 0. The second-order valence-electron chi connectivity index (χ2n) is 6.34. The van der Waals surface area contributed by atoms with Gasteiger partial charge in [0.25, 0.3) is 0 Å². The second kappa shape index (κ2) is 7.69. The van der Waals surface area contributed by atoms with Gasteiger partial charge in [0, 0.05) is 12.5 Å². The van der Waals surface area contributed by atoms with Gasteiger partial charge in [0.1, 0.15) is 5.82 Å². The van der Waals surface area contributed by atoms with Crippen molar-refractivity contribution in [2.45, 2.75) is 51.5 Å². The zero-order valence-corrected chi connectivity index (χ0v) is 13.1. The summed E-state index contributed by atoms with van der Waals surface area (Å²) in [6, 6.07) is 6.76. The van der Waals surface area contributed by atoms with Crippen LogP contribution in [0.2, 0.25) is 0 Å². The van der Waals surface area contributed by atoms with Gasteiger partial charge in [0.05, 0.1) is 6.54 Å². The molecule has 116 valence electrons. The van der Waals surface area contributed by atoms with E-state index in [0.717, 1.165) is 11.5 Å². The van der Waals surface area contributed by atoms with Gasteiger partial charge in [-0.05, 0) is 56.3 Å². The highest BCUT2D eigenvalue weighted by Crippen LogP contribution is 2.28. The van der Waals surface area contributed by atoms with Crippen molar-refractivity contribution in [3.05, 3.63) is 35.6 Å². The first-order valence-electron chi connectivity index (χ1n) is 8.05. The van der Waals surface area contributed by atoms with Crippen LogP contribution in [0.3, 0.4) is 0 Å². The lowest BCUT2D eigenvalue weighted by molar-refractivity contribution is -0.119. The normalized spacial score (nSPS) is 22.5. The number of benzene rings is 1. The summed E-state index contributed by atoms with van der Waals surface area (Å²) in [6.45, 7) is 2.76. The highest BCUT2D eigenvalue weighted by atomic mass is 19.1. The first-order valence-corrected chi connectivity index (χ1v) is 8.05. The summed E-state index contributed by atoms with van der Waals surface area (Å²) >= 11 is 0. The fourth-order valence-electron chi connectivity index (χ4n) is 3.29. The molecule has 0 aliphatic heterocycles. The van der Waals surface area contributed by atoms with Crippen molar-refractivity contribution in [3.8, 4) is 0 Å². The number of carbonyl (C=O) groups excluding carboxylic acids is 1. The van der Waals surface area contributed by atoms with E-state index < -0.39 is 0 Å². The number of rotatable bonds is 6. The number of ketones is 1. The molecule has 0 spiro atoms. The fourth-order valence-corrected chi connectivity index (χ4v) is 3.29. The molecule has 21 heavy (non-hydrogen) atoms. The summed E-state index contributed by atoms with van der Waals surface area (Å²) in [5.74, 6) is 0.835. The molecule has 0 radical (unpaired) electrons. The van der Waals surface area contributed by atoms with E-state index in [1.807, 2.05) is 0 Å². The topological polar surface area (TPSA) is 20.3 Å². The van der Waals surface area contributed by atoms with Gasteiger partial charge in [-0.1, -0.05) is 25.5 Å². The fraction of sp³-hybridized carbons (Fsp3) is 0.611. The Labute approximate surface area is 127 Å². The summed E-state index contributed by atoms with van der Waals surface area (Å²) in [4.78, 5) is 14.3. The third-order valence-corrected chi connectivity index (χ3v) is 4.76. The van der Waals surface area contributed by atoms with E-state index in [0.29, 0.717) is 19.0 Å². The van der Waals surface area contributed by atoms with Gasteiger partial charge < -0.3 is 0 Å². The monoisotopic (exact) mass is 291 g/mol. The maximum atomic E-state index is 12.8. The van der Waals surface area contributed by atoms with Crippen LogP contribution >= 0.6 is 0 Å². The van der Waals surface area contributed by atoms with Crippen LogP contribution in [0.1, 0.15) is 44.6 Å². The Hall–Kier alpha value is -1.22. The van der Waals surface area contributed by atoms with Crippen LogP contribution in [0, 0.1) is 11.7 Å². The minimum Gasteiger partial charge on any atom is -0.298 e. The molecular weight excluding hydrogens is 265 g/mol. The zero-order chi connectivity index (χ0) is 15.2. The number of halogens is 1. The second-order valence-corrected chi connectivity index (χ2v) is 6.34. The highest BCUT2D eigenvalue weighted by molar-refractivity contribution is 5.82. The van der Waals surface area contributed by atoms with E-state index in [1.54, 1.807) is 12.1 Å². The number of likely N-dealkylation sites (N-methyl/N-ethyl adjacent to an activating group) is 1. The molecule has 0 unspecified atom stereocenters. The summed E-state index contributed by atoms with van der Waals surface area (Å²) in [5, 5.41) is 0. The van der Waals surface area contributed by atoms with Gasteiger partial charge in [0.2, 0.25) is 0 Å². The number of Topliss-reactive ketones (excluding diaryl/α,β-unsaturated/α-hetero) is 1. The number of nitrogens with zero attached hydrogens (tertiary/aromatic N) is 1. The molecule has 1 saturated carbocycles. The first-order chi connectivity index (χ1) is 10.1. The van der Waals surface area contributed by atoms with Gasteiger partial charge in [0.15, 0.2) is 5.78 Å². The molecule has 1 aliphatic carbocycles. The summed E-state index contributed by atoms with van der Waals surface area (Å²) in [5.41, 5.74) is 0.893. The predicted molar refractivity (Wildman–Crippen MR) is 83.8 cm³/mol. The van der Waals surface area contributed by atoms with Crippen molar-refractivity contribution in [1.82, 2.24) is 4.90 Å². The lowest BCUT2D eigenvalue weighted by Crippen LogP contribution is -2.38. The van der Waals surface area contributed by atoms with Crippen molar-refractivity contribution in [3.63, 3.8) is 0 Å². The van der Waals surface area contributed by atoms with Gasteiger partial charge in [-0.25, -0.2) is 4.39 Å². The van der Waals surface area contributed by atoms with Crippen molar-refractivity contribution >= 4 is 5.78 Å². The molecule has 0 aromatic heterocycles. The molecule has 3 heteroatoms. The Kier molecular flexibility index (Phi) is 5.92. The summed E-state index contributed by atoms with van der Waals surface area (Å²) in [6.07, 6.45) is 6.67. The molecule has 0 N–H and O–H groups in total. The van der Waals surface area contributed by atoms with E-state index in [2.05, 4.69) is 18.9 Å². The average molecular weight is 291 g/mol. The van der Waals surface area contributed by atoms with Crippen LogP contribution in [-0.4, -0.2) is 30.3 Å². The Morgan fingerprint density at radius 3 is 2.38 bits per heavy atom. The molecule has 1 aromatic rings. The van der Waals surface area contributed by atoms with E-state index in [-0.39, 0.29) is 11.6 Å². The molecule has 0 saturated heterocycles. The minimum absolute atomic E-state index is 0.210. The molecule has 0 bridgehead atoms. The van der Waals surface area contributed by atoms with E-state index in [9.17, 15) is 9.18 Å². The average Bonchev–Trinajstić information content (AvgIpc) is 2.49. The quantitative estimate of drug-likeness (QED) is 0.793. The predicted octanol–water partition coefficient (Wildman–Crippen LogP) is 3.84. The third kappa shape index (κ3) is 4.92.